The van der Waals surface area contributed by atoms with Crippen LogP contribution >= 0.6 is 0 Å². The minimum absolute atomic E-state index is 0.0134. The van der Waals surface area contributed by atoms with Crippen LogP contribution in [0.2, 0.25) is 0 Å². The van der Waals surface area contributed by atoms with Gasteiger partial charge in [0.2, 0.25) is 0 Å². The molecule has 1 aliphatic rings. The van der Waals surface area contributed by atoms with E-state index in [1.165, 1.54) is 0 Å². The van der Waals surface area contributed by atoms with E-state index in [1.807, 2.05) is 13.0 Å². The van der Waals surface area contributed by atoms with Crippen molar-refractivity contribution in [2.45, 2.75) is 33.2 Å². The summed E-state index contributed by atoms with van der Waals surface area (Å²) >= 11 is 0. The van der Waals surface area contributed by atoms with Crippen LogP contribution in [-0.2, 0) is 0 Å². The van der Waals surface area contributed by atoms with E-state index in [0.717, 1.165) is 18.7 Å². The summed E-state index contributed by atoms with van der Waals surface area (Å²) in [4.78, 5) is 32.2. The zero-order valence-electron chi connectivity index (χ0n) is 14.4. The normalized spacial score (nSPS) is 17.4. The molecule has 0 spiro atoms. The number of nitrogens with one attached hydrogen (secondary N) is 1. The molecule has 0 saturated carbocycles. The van der Waals surface area contributed by atoms with Gasteiger partial charge in [-0.2, -0.15) is 0 Å². The Morgan fingerprint density at radius 3 is 2.78 bits per heavy atom. The Balaban J connectivity index is 1.87. The summed E-state index contributed by atoms with van der Waals surface area (Å²) in [6, 6.07) is 3.57. The van der Waals surface area contributed by atoms with Crippen LogP contribution in [0.1, 0.15) is 36.3 Å². The first-order valence-electron chi connectivity index (χ1n) is 8.10. The lowest BCUT2D eigenvalue weighted by Crippen LogP contribution is -2.45. The van der Waals surface area contributed by atoms with Crippen LogP contribution < -0.4 is 5.32 Å². The number of aryl methyl sites for hydroxylation is 1. The second-order valence-electron chi connectivity index (χ2n) is 6.65. The Kier molecular flexibility index (Phi) is 5.58. The predicted molar refractivity (Wildman–Crippen MR) is 89.3 cm³/mol. The van der Waals surface area contributed by atoms with Crippen LogP contribution in [0.3, 0.4) is 0 Å². The van der Waals surface area contributed by atoms with Crippen LogP contribution in [0.25, 0.3) is 0 Å². The van der Waals surface area contributed by atoms with E-state index in [1.54, 1.807) is 29.1 Å². The highest BCUT2D eigenvalue weighted by molar-refractivity contribution is 5.94. The first-order chi connectivity index (χ1) is 10.9. The van der Waals surface area contributed by atoms with Gasteiger partial charge in [-0.15, -0.1) is 0 Å². The minimum Gasteiger partial charge on any atom is -0.336 e. The zero-order chi connectivity index (χ0) is 17.0. The molecule has 0 bridgehead atoms. The fourth-order valence-corrected chi connectivity index (χ4v) is 2.75. The van der Waals surface area contributed by atoms with Crippen LogP contribution in [0.4, 0.5) is 4.79 Å². The summed E-state index contributed by atoms with van der Waals surface area (Å²) in [6.07, 6.45) is 2.40. The second-order valence-corrected chi connectivity index (χ2v) is 6.65. The largest absolute Gasteiger partial charge is 0.336 e. The van der Waals surface area contributed by atoms with Crippen molar-refractivity contribution in [2.24, 2.45) is 5.92 Å². The van der Waals surface area contributed by atoms with Crippen LogP contribution in [0, 0.1) is 12.8 Å². The smallest absolute Gasteiger partial charge is 0.317 e. The fourth-order valence-electron chi connectivity index (χ4n) is 2.75. The number of likely N-dealkylation sites (tertiary alicyclic amines) is 1. The van der Waals surface area contributed by atoms with E-state index in [0.29, 0.717) is 24.6 Å². The number of hydrogen-bond acceptors (Lipinski definition) is 3. The molecular formula is C17H26N4O2. The molecule has 126 valence electrons. The van der Waals surface area contributed by atoms with Crippen molar-refractivity contribution in [2.75, 3.05) is 26.7 Å². The van der Waals surface area contributed by atoms with Crippen molar-refractivity contribution in [3.63, 3.8) is 0 Å². The van der Waals surface area contributed by atoms with Gasteiger partial charge in [-0.1, -0.05) is 13.8 Å². The summed E-state index contributed by atoms with van der Waals surface area (Å²) < 4.78 is 0. The van der Waals surface area contributed by atoms with Crippen LogP contribution in [-0.4, -0.2) is 59.4 Å². The number of urea groups is 1. The van der Waals surface area contributed by atoms with Crippen molar-refractivity contribution in [1.82, 2.24) is 20.1 Å². The molecule has 23 heavy (non-hydrogen) atoms. The van der Waals surface area contributed by atoms with Gasteiger partial charge in [0, 0.05) is 44.6 Å². The summed E-state index contributed by atoms with van der Waals surface area (Å²) in [5, 5.41) is 3.01. The Morgan fingerprint density at radius 1 is 1.43 bits per heavy atom. The highest BCUT2D eigenvalue weighted by Crippen LogP contribution is 2.14. The maximum atomic E-state index is 12.4. The topological polar surface area (TPSA) is 65.5 Å². The van der Waals surface area contributed by atoms with E-state index in [2.05, 4.69) is 24.1 Å². The summed E-state index contributed by atoms with van der Waals surface area (Å²) in [5.41, 5.74) is 1.49. The number of nitrogens with zero attached hydrogens (tertiary/aromatic N) is 3. The molecule has 1 aromatic rings. The molecule has 2 heterocycles. The van der Waals surface area contributed by atoms with Crippen molar-refractivity contribution in [3.05, 3.63) is 29.6 Å². The second kappa shape index (κ2) is 7.44. The lowest BCUT2D eigenvalue weighted by atomic mass is 10.2. The van der Waals surface area contributed by atoms with E-state index >= 15 is 0 Å². The molecule has 1 atom stereocenters. The Morgan fingerprint density at radius 2 is 2.17 bits per heavy atom. The highest BCUT2D eigenvalue weighted by atomic mass is 16.2. The third-order valence-corrected chi connectivity index (χ3v) is 3.95. The zero-order valence-corrected chi connectivity index (χ0v) is 14.4. The average Bonchev–Trinajstić information content (AvgIpc) is 2.95. The first-order valence-corrected chi connectivity index (χ1v) is 8.10. The van der Waals surface area contributed by atoms with E-state index in [9.17, 15) is 9.59 Å². The molecule has 1 aromatic heterocycles. The van der Waals surface area contributed by atoms with Gasteiger partial charge in [-0.25, -0.2) is 4.79 Å². The molecule has 0 radical (unpaired) electrons. The van der Waals surface area contributed by atoms with Gasteiger partial charge in [0.1, 0.15) is 0 Å². The maximum absolute atomic E-state index is 12.4. The third kappa shape index (κ3) is 4.68. The lowest BCUT2D eigenvalue weighted by Gasteiger charge is -2.23. The molecule has 1 saturated heterocycles. The average molecular weight is 318 g/mol. The quantitative estimate of drug-likeness (QED) is 0.922. The molecule has 1 fully saturated rings. The summed E-state index contributed by atoms with van der Waals surface area (Å²) in [7, 11) is 1.80. The number of hydrogen-bond donors (Lipinski definition) is 1. The Hall–Kier alpha value is -2.11. The summed E-state index contributed by atoms with van der Waals surface area (Å²) in [5.74, 6) is 0.409. The van der Waals surface area contributed by atoms with Gasteiger partial charge in [0.25, 0.3) is 5.91 Å². The lowest BCUT2D eigenvalue weighted by molar-refractivity contribution is 0.0788. The van der Waals surface area contributed by atoms with Gasteiger partial charge in [-0.05, 0) is 31.4 Å². The number of pyridine rings is 1. The Bertz CT molecular complexity index is 556. The number of aromatic nitrogens is 1. The molecule has 0 aliphatic carbocycles. The molecule has 1 aliphatic heterocycles. The molecule has 1 N–H and O–H groups in total. The molecule has 6 heteroatoms. The van der Waals surface area contributed by atoms with E-state index in [4.69, 9.17) is 0 Å². The molecular weight excluding hydrogens is 292 g/mol. The molecule has 6 nitrogen and oxygen atoms in total. The number of carbonyl (C=O) groups excluding carboxylic acids is 2. The monoisotopic (exact) mass is 318 g/mol. The first kappa shape index (κ1) is 17.2. The molecule has 1 unspecified atom stereocenters. The number of amides is 3. The van der Waals surface area contributed by atoms with Gasteiger partial charge in [0.15, 0.2) is 0 Å². The highest BCUT2D eigenvalue weighted by Gasteiger charge is 2.28. The van der Waals surface area contributed by atoms with Gasteiger partial charge >= 0.3 is 6.03 Å². The van der Waals surface area contributed by atoms with Crippen LogP contribution in [0.5, 0.6) is 0 Å². The predicted octanol–water partition coefficient (Wildman–Crippen LogP) is 1.90. The van der Waals surface area contributed by atoms with Gasteiger partial charge in [0.05, 0.1) is 5.56 Å². The van der Waals surface area contributed by atoms with Crippen molar-refractivity contribution >= 4 is 11.9 Å². The maximum Gasteiger partial charge on any atom is 0.317 e. The Labute approximate surface area is 137 Å². The minimum atomic E-state index is -0.0741. The fraction of sp³-hybridized carbons (Fsp3) is 0.588. The molecule has 0 aromatic carbocycles. The molecule has 3 amide bonds. The standard InChI is InChI=1S/C17H26N4O2/c1-12(2)10-20(4)17(23)19-15-7-8-21(11-15)16(22)14-6-5-13(3)18-9-14/h5-6,9,12,15H,7-8,10-11H2,1-4H3,(H,19,23). The summed E-state index contributed by atoms with van der Waals surface area (Å²) in [6.45, 7) is 7.98. The van der Waals surface area contributed by atoms with Crippen molar-refractivity contribution in [3.8, 4) is 0 Å². The third-order valence-electron chi connectivity index (χ3n) is 3.95. The van der Waals surface area contributed by atoms with Crippen molar-refractivity contribution in [1.29, 1.82) is 0 Å². The number of rotatable bonds is 4. The SMILES string of the molecule is Cc1ccc(C(=O)N2CCC(NC(=O)N(C)CC(C)C)C2)cn1. The van der Waals surface area contributed by atoms with Crippen LogP contribution in [0.15, 0.2) is 18.3 Å². The van der Waals surface area contributed by atoms with Crippen molar-refractivity contribution < 1.29 is 9.59 Å². The van der Waals surface area contributed by atoms with E-state index < -0.39 is 0 Å². The van der Waals surface area contributed by atoms with Gasteiger partial charge < -0.3 is 15.1 Å². The number of carbonyl (C=O) groups is 2. The van der Waals surface area contributed by atoms with E-state index in [-0.39, 0.29) is 18.0 Å². The molecule has 2 rings (SSSR count). The van der Waals surface area contributed by atoms with Gasteiger partial charge in [-0.3, -0.25) is 9.78 Å².